The maximum atomic E-state index is 13.6. The molecule has 0 spiro atoms. The topological polar surface area (TPSA) is 77.5 Å². The van der Waals surface area contributed by atoms with Crippen LogP contribution >= 0.6 is 0 Å². The Morgan fingerprint density at radius 2 is 2.03 bits per heavy atom. The van der Waals surface area contributed by atoms with E-state index in [1.165, 1.54) is 12.1 Å². The second-order valence-electron chi connectivity index (χ2n) is 7.98. The highest BCUT2D eigenvalue weighted by Gasteiger charge is 2.29. The molecule has 158 valence electrons. The van der Waals surface area contributed by atoms with Gasteiger partial charge in [-0.15, -0.1) is 0 Å². The molecular formula is C23H25FN2O4. The highest BCUT2D eigenvalue weighted by Crippen LogP contribution is 2.34. The number of cyclic esters (lactones) is 1. The van der Waals surface area contributed by atoms with E-state index in [9.17, 15) is 14.3 Å². The first kappa shape index (κ1) is 20.3. The van der Waals surface area contributed by atoms with Gasteiger partial charge in [-0.1, -0.05) is 13.8 Å². The minimum atomic E-state index is -0.664. The van der Waals surface area contributed by atoms with Crippen LogP contribution < -0.4 is 0 Å². The van der Waals surface area contributed by atoms with Gasteiger partial charge in [-0.2, -0.15) is 9.78 Å². The number of ether oxygens (including phenoxy) is 1. The van der Waals surface area contributed by atoms with Gasteiger partial charge in [0.05, 0.1) is 30.2 Å². The Kier molecular flexibility index (Phi) is 5.72. The zero-order valence-electron chi connectivity index (χ0n) is 17.0. The molecule has 0 amide bonds. The third-order valence-corrected chi connectivity index (χ3v) is 5.35. The number of carbonyl (C=O) groups excluding carboxylic acids is 1. The van der Waals surface area contributed by atoms with Crippen molar-refractivity contribution < 1.29 is 23.4 Å². The third kappa shape index (κ3) is 4.16. The molecule has 4 rings (SSSR count). The summed E-state index contributed by atoms with van der Waals surface area (Å²) < 4.78 is 26.3. The Labute approximate surface area is 174 Å². The number of furan rings is 1. The molecule has 0 saturated carbocycles. The molecule has 3 aromatic rings. The highest BCUT2D eigenvalue weighted by molar-refractivity contribution is 5.71. The number of rotatable bonds is 6. The Balaban J connectivity index is 1.75. The number of benzene rings is 1. The van der Waals surface area contributed by atoms with Crippen molar-refractivity contribution in [2.45, 2.75) is 57.7 Å². The second-order valence-corrected chi connectivity index (χ2v) is 7.98. The van der Waals surface area contributed by atoms with Crippen molar-refractivity contribution in [1.29, 1.82) is 0 Å². The highest BCUT2D eigenvalue weighted by atomic mass is 19.1. The molecular weight excluding hydrogens is 387 g/mol. The van der Waals surface area contributed by atoms with Gasteiger partial charge in [-0.05, 0) is 49.1 Å². The first-order valence-electron chi connectivity index (χ1n) is 10.2. The molecule has 7 heteroatoms. The van der Waals surface area contributed by atoms with E-state index in [0.717, 1.165) is 22.5 Å². The van der Waals surface area contributed by atoms with Crippen LogP contribution in [-0.2, 0) is 16.0 Å². The van der Waals surface area contributed by atoms with Crippen molar-refractivity contribution in [3.8, 4) is 17.1 Å². The lowest BCUT2D eigenvalue weighted by Crippen LogP contribution is -2.32. The van der Waals surface area contributed by atoms with Gasteiger partial charge < -0.3 is 14.3 Å². The fraction of sp³-hybridized carbons (Fsp3) is 0.391. The first-order valence-corrected chi connectivity index (χ1v) is 10.2. The van der Waals surface area contributed by atoms with Crippen LogP contribution in [0.15, 0.2) is 47.1 Å². The largest absolute Gasteiger partial charge is 0.462 e. The van der Waals surface area contributed by atoms with Crippen LogP contribution in [0, 0.1) is 5.82 Å². The molecule has 2 unspecified atom stereocenters. The number of halogens is 1. The average molecular weight is 412 g/mol. The van der Waals surface area contributed by atoms with Crippen LogP contribution in [0.2, 0.25) is 0 Å². The molecule has 2 atom stereocenters. The number of aliphatic hydroxyl groups is 1. The average Bonchev–Trinajstić information content (AvgIpc) is 3.34. The number of hydrogen-bond acceptors (Lipinski definition) is 5. The normalized spacial score (nSPS) is 19.3. The zero-order chi connectivity index (χ0) is 21.3. The molecule has 1 aliphatic heterocycles. The van der Waals surface area contributed by atoms with Crippen molar-refractivity contribution in [3.05, 3.63) is 59.7 Å². The number of aromatic nitrogens is 2. The fourth-order valence-electron chi connectivity index (χ4n) is 3.98. The van der Waals surface area contributed by atoms with E-state index >= 15 is 0 Å². The molecule has 6 nitrogen and oxygen atoms in total. The molecule has 0 radical (unpaired) electrons. The van der Waals surface area contributed by atoms with Gasteiger partial charge in [0.25, 0.3) is 0 Å². The second kappa shape index (κ2) is 8.44. The summed E-state index contributed by atoms with van der Waals surface area (Å²) in [7, 11) is 0. The van der Waals surface area contributed by atoms with Crippen LogP contribution in [0.5, 0.6) is 0 Å². The molecule has 2 aromatic heterocycles. The summed E-state index contributed by atoms with van der Waals surface area (Å²) in [5.41, 5.74) is 3.57. The summed E-state index contributed by atoms with van der Waals surface area (Å²) in [6, 6.07) is 9.92. The van der Waals surface area contributed by atoms with Crippen LogP contribution in [-0.4, -0.2) is 33.1 Å². The Morgan fingerprint density at radius 3 is 2.67 bits per heavy atom. The maximum Gasteiger partial charge on any atom is 0.308 e. The summed E-state index contributed by atoms with van der Waals surface area (Å²) >= 11 is 0. The van der Waals surface area contributed by atoms with E-state index < -0.39 is 6.10 Å². The standard InChI is InChI=1S/C23H25FN2O4/c1-14(2)22-19(10-9-18-12-17(27)13-21(28)30-18)23(15-5-7-16(24)8-6-15)26(25-22)20-4-3-11-29-20/h3-8,11,14,17-18,27H,9-10,12-13H2,1-2H3. The summed E-state index contributed by atoms with van der Waals surface area (Å²) in [5.74, 6) is 0.0429. The van der Waals surface area contributed by atoms with E-state index in [0.29, 0.717) is 25.1 Å². The van der Waals surface area contributed by atoms with E-state index in [2.05, 4.69) is 13.8 Å². The zero-order valence-corrected chi connectivity index (χ0v) is 17.0. The number of carbonyl (C=O) groups is 1. The number of nitrogens with zero attached hydrogens (tertiary/aromatic N) is 2. The molecule has 1 aromatic carbocycles. The Bertz CT molecular complexity index is 1010. The Morgan fingerprint density at radius 1 is 1.27 bits per heavy atom. The predicted molar refractivity (Wildman–Crippen MR) is 109 cm³/mol. The molecule has 0 aliphatic carbocycles. The van der Waals surface area contributed by atoms with Crippen LogP contribution in [0.3, 0.4) is 0 Å². The van der Waals surface area contributed by atoms with Gasteiger partial charge in [0, 0.05) is 23.6 Å². The SMILES string of the molecule is CC(C)c1nn(-c2ccco2)c(-c2ccc(F)cc2)c1CCC1CC(O)CC(=O)O1. The number of esters is 1. The van der Waals surface area contributed by atoms with Crippen LogP contribution in [0.25, 0.3) is 17.1 Å². The van der Waals surface area contributed by atoms with Crippen molar-refractivity contribution in [3.63, 3.8) is 0 Å². The van der Waals surface area contributed by atoms with Crippen LogP contribution in [0.1, 0.15) is 50.3 Å². The Hall–Kier alpha value is -2.93. The van der Waals surface area contributed by atoms with E-state index in [4.69, 9.17) is 14.3 Å². The van der Waals surface area contributed by atoms with Gasteiger partial charge >= 0.3 is 5.97 Å². The quantitative estimate of drug-likeness (QED) is 0.608. The third-order valence-electron chi connectivity index (χ3n) is 5.35. The smallest absolute Gasteiger partial charge is 0.308 e. The van der Waals surface area contributed by atoms with Crippen molar-refractivity contribution in [2.24, 2.45) is 0 Å². The van der Waals surface area contributed by atoms with E-state index in [-0.39, 0.29) is 30.2 Å². The summed E-state index contributed by atoms with van der Waals surface area (Å²) in [4.78, 5) is 11.7. The lowest BCUT2D eigenvalue weighted by molar-refractivity contribution is -0.160. The van der Waals surface area contributed by atoms with Gasteiger partial charge in [-0.25, -0.2) is 4.39 Å². The van der Waals surface area contributed by atoms with Crippen molar-refractivity contribution in [2.75, 3.05) is 0 Å². The van der Waals surface area contributed by atoms with Crippen molar-refractivity contribution in [1.82, 2.24) is 9.78 Å². The van der Waals surface area contributed by atoms with E-state index in [1.807, 2.05) is 6.07 Å². The van der Waals surface area contributed by atoms with Gasteiger partial charge in [0.2, 0.25) is 5.88 Å². The predicted octanol–water partition coefficient (Wildman–Crippen LogP) is 4.39. The minimum absolute atomic E-state index is 0.0466. The summed E-state index contributed by atoms with van der Waals surface area (Å²) in [5, 5.41) is 14.7. The molecule has 0 bridgehead atoms. The summed E-state index contributed by atoms with van der Waals surface area (Å²) in [6.45, 7) is 4.13. The first-order chi connectivity index (χ1) is 14.4. The minimum Gasteiger partial charge on any atom is -0.462 e. The fourth-order valence-corrected chi connectivity index (χ4v) is 3.98. The van der Waals surface area contributed by atoms with Gasteiger partial charge in [0.1, 0.15) is 11.9 Å². The van der Waals surface area contributed by atoms with Gasteiger partial charge in [-0.3, -0.25) is 4.79 Å². The molecule has 3 heterocycles. The monoisotopic (exact) mass is 412 g/mol. The number of aliphatic hydroxyl groups excluding tert-OH is 1. The van der Waals surface area contributed by atoms with E-state index in [1.54, 1.807) is 29.1 Å². The molecule has 1 saturated heterocycles. The molecule has 30 heavy (non-hydrogen) atoms. The van der Waals surface area contributed by atoms with Crippen LogP contribution in [0.4, 0.5) is 4.39 Å². The lowest BCUT2D eigenvalue weighted by atomic mass is 9.93. The summed E-state index contributed by atoms with van der Waals surface area (Å²) in [6.07, 6.45) is 2.23. The lowest BCUT2D eigenvalue weighted by Gasteiger charge is -2.26. The maximum absolute atomic E-state index is 13.6. The van der Waals surface area contributed by atoms with Gasteiger partial charge in [0.15, 0.2) is 0 Å². The molecule has 1 aliphatic rings. The van der Waals surface area contributed by atoms with Crippen molar-refractivity contribution >= 4 is 5.97 Å². The molecule has 1 N–H and O–H groups in total. The number of hydrogen-bond donors (Lipinski definition) is 1. The molecule has 1 fully saturated rings.